The van der Waals surface area contributed by atoms with Crippen LogP contribution in [0.2, 0.25) is 0 Å². The summed E-state index contributed by atoms with van der Waals surface area (Å²) in [4.78, 5) is 4.27. The average molecular weight is 301 g/mol. The van der Waals surface area contributed by atoms with Crippen LogP contribution < -0.4 is 0 Å². The van der Waals surface area contributed by atoms with Crippen molar-refractivity contribution in [1.82, 2.24) is 24.5 Å². The van der Waals surface area contributed by atoms with Crippen LogP contribution in [0.4, 0.5) is 4.39 Å². The molecule has 7 heteroatoms. The first kappa shape index (κ1) is 14.4. The van der Waals surface area contributed by atoms with E-state index in [-0.39, 0.29) is 12.2 Å². The maximum atomic E-state index is 13.4. The molecule has 0 amide bonds. The van der Waals surface area contributed by atoms with Gasteiger partial charge in [-0.2, -0.15) is 0 Å². The van der Waals surface area contributed by atoms with E-state index in [0.29, 0.717) is 12.2 Å². The zero-order valence-electron chi connectivity index (χ0n) is 12.1. The number of halogens is 1. The van der Waals surface area contributed by atoms with Crippen LogP contribution in [-0.4, -0.2) is 29.7 Å². The quantitative estimate of drug-likeness (QED) is 0.779. The van der Waals surface area contributed by atoms with Gasteiger partial charge >= 0.3 is 0 Å². The Balaban J connectivity index is 1.84. The van der Waals surface area contributed by atoms with Crippen LogP contribution >= 0.6 is 0 Å². The van der Waals surface area contributed by atoms with Gasteiger partial charge in [0, 0.05) is 24.4 Å². The normalized spacial score (nSPS) is 11.0. The Morgan fingerprint density at radius 3 is 2.95 bits per heavy atom. The van der Waals surface area contributed by atoms with Crippen LogP contribution in [0.5, 0.6) is 0 Å². The second kappa shape index (κ2) is 6.07. The van der Waals surface area contributed by atoms with E-state index in [1.54, 1.807) is 29.2 Å². The number of hydrogen-bond acceptors (Lipinski definition) is 4. The molecule has 0 radical (unpaired) electrons. The maximum absolute atomic E-state index is 13.4. The number of aliphatic hydroxyl groups excluding tert-OH is 1. The van der Waals surface area contributed by atoms with Gasteiger partial charge in [0.1, 0.15) is 17.3 Å². The van der Waals surface area contributed by atoms with Gasteiger partial charge in [-0.05, 0) is 18.2 Å². The Hall–Kier alpha value is -2.54. The van der Waals surface area contributed by atoms with Gasteiger partial charge in [-0.3, -0.25) is 0 Å². The van der Waals surface area contributed by atoms with E-state index in [9.17, 15) is 4.39 Å². The summed E-state index contributed by atoms with van der Waals surface area (Å²) >= 11 is 0. The van der Waals surface area contributed by atoms with Gasteiger partial charge in [-0.1, -0.05) is 12.1 Å². The molecule has 22 heavy (non-hydrogen) atoms. The molecule has 0 aliphatic carbocycles. The minimum Gasteiger partial charge on any atom is -0.392 e. The number of aliphatic hydroxyl groups is 1. The molecule has 0 bridgehead atoms. The van der Waals surface area contributed by atoms with Crippen molar-refractivity contribution in [2.24, 2.45) is 0 Å². The summed E-state index contributed by atoms with van der Waals surface area (Å²) in [5.41, 5.74) is 1.67. The van der Waals surface area contributed by atoms with Crippen LogP contribution in [-0.2, 0) is 19.6 Å². The van der Waals surface area contributed by atoms with Crippen molar-refractivity contribution >= 4 is 0 Å². The first-order chi connectivity index (χ1) is 10.7. The predicted octanol–water partition coefficient (Wildman–Crippen LogP) is 1.71. The lowest BCUT2D eigenvalue weighted by molar-refractivity contribution is 0.275. The van der Waals surface area contributed by atoms with Crippen molar-refractivity contribution in [3.8, 4) is 5.69 Å². The molecule has 1 aromatic carbocycles. The number of aryl methyl sites for hydroxylation is 1. The Labute approximate surface area is 126 Å². The predicted molar refractivity (Wildman–Crippen MR) is 77.9 cm³/mol. The van der Waals surface area contributed by atoms with Crippen molar-refractivity contribution in [2.75, 3.05) is 0 Å². The summed E-state index contributed by atoms with van der Waals surface area (Å²) < 4.78 is 17.0. The summed E-state index contributed by atoms with van der Waals surface area (Å²) in [6.45, 7) is 2.28. The molecule has 2 aromatic heterocycles. The highest BCUT2D eigenvalue weighted by molar-refractivity contribution is 5.35. The van der Waals surface area contributed by atoms with Gasteiger partial charge in [-0.15, -0.1) is 5.10 Å². The molecule has 0 fully saturated rings. The molecule has 0 saturated carbocycles. The molecular weight excluding hydrogens is 285 g/mol. The van der Waals surface area contributed by atoms with Gasteiger partial charge in [0.2, 0.25) is 0 Å². The Kier molecular flexibility index (Phi) is 3.97. The molecular formula is C15H16FN5O. The summed E-state index contributed by atoms with van der Waals surface area (Å²) in [7, 11) is 0. The lowest BCUT2D eigenvalue weighted by Gasteiger charge is -2.04. The van der Waals surface area contributed by atoms with E-state index in [4.69, 9.17) is 5.11 Å². The summed E-state index contributed by atoms with van der Waals surface area (Å²) in [5, 5.41) is 17.3. The lowest BCUT2D eigenvalue weighted by Crippen LogP contribution is -2.03. The average Bonchev–Trinajstić information content (AvgIpc) is 3.17. The third-order valence-electron chi connectivity index (χ3n) is 3.46. The first-order valence-corrected chi connectivity index (χ1v) is 7.02. The fraction of sp³-hybridized carbons (Fsp3) is 0.267. The first-order valence-electron chi connectivity index (χ1n) is 7.02. The second-order valence-electron chi connectivity index (χ2n) is 4.91. The number of benzene rings is 1. The highest BCUT2D eigenvalue weighted by Gasteiger charge is 2.08. The van der Waals surface area contributed by atoms with Crippen LogP contribution in [0.25, 0.3) is 5.69 Å². The zero-order chi connectivity index (χ0) is 15.5. The Morgan fingerprint density at radius 1 is 1.32 bits per heavy atom. The van der Waals surface area contributed by atoms with Gasteiger partial charge in [0.05, 0.1) is 25.0 Å². The third kappa shape index (κ3) is 2.75. The smallest absolute Gasteiger partial charge is 0.128 e. The lowest BCUT2D eigenvalue weighted by atomic mass is 10.2. The van der Waals surface area contributed by atoms with E-state index in [0.717, 1.165) is 17.9 Å². The molecule has 6 nitrogen and oxygen atoms in total. The third-order valence-corrected chi connectivity index (χ3v) is 3.46. The fourth-order valence-electron chi connectivity index (χ4n) is 2.29. The van der Waals surface area contributed by atoms with E-state index in [1.165, 1.54) is 6.07 Å². The summed E-state index contributed by atoms with van der Waals surface area (Å²) in [6, 6.07) is 4.47. The van der Waals surface area contributed by atoms with Crippen LogP contribution in [0, 0.1) is 5.82 Å². The highest BCUT2D eigenvalue weighted by Crippen LogP contribution is 2.14. The van der Waals surface area contributed by atoms with E-state index >= 15 is 0 Å². The van der Waals surface area contributed by atoms with Gasteiger partial charge in [0.25, 0.3) is 0 Å². The second-order valence-corrected chi connectivity index (χ2v) is 4.91. The van der Waals surface area contributed by atoms with Crippen molar-refractivity contribution in [3.63, 3.8) is 0 Å². The SMILES string of the molecule is CCc1nccn1Cc1cn(-c2ccc(F)c(CO)c2)nn1. The molecule has 0 saturated heterocycles. The summed E-state index contributed by atoms with van der Waals surface area (Å²) in [6.07, 6.45) is 6.29. The molecule has 0 spiro atoms. The van der Waals surface area contributed by atoms with Crippen molar-refractivity contribution in [2.45, 2.75) is 26.5 Å². The van der Waals surface area contributed by atoms with Crippen LogP contribution in [0.1, 0.15) is 24.0 Å². The van der Waals surface area contributed by atoms with E-state index in [1.807, 2.05) is 17.7 Å². The fourth-order valence-corrected chi connectivity index (χ4v) is 2.29. The molecule has 0 unspecified atom stereocenters. The Morgan fingerprint density at radius 2 is 2.18 bits per heavy atom. The molecule has 0 aliphatic heterocycles. The summed E-state index contributed by atoms with van der Waals surface area (Å²) in [5.74, 6) is 0.552. The molecule has 1 N–H and O–H groups in total. The van der Waals surface area contributed by atoms with Crippen LogP contribution in [0.3, 0.4) is 0 Å². The number of nitrogens with zero attached hydrogens (tertiary/aromatic N) is 5. The number of aromatic nitrogens is 5. The minimum absolute atomic E-state index is 0.234. The van der Waals surface area contributed by atoms with Gasteiger partial charge in [-0.25, -0.2) is 14.1 Å². The van der Waals surface area contributed by atoms with E-state index < -0.39 is 5.82 Å². The van der Waals surface area contributed by atoms with Gasteiger partial charge in [0.15, 0.2) is 0 Å². The maximum Gasteiger partial charge on any atom is 0.128 e. The van der Waals surface area contributed by atoms with Crippen molar-refractivity contribution in [1.29, 1.82) is 0 Å². The molecule has 3 aromatic rings. The minimum atomic E-state index is -0.433. The number of hydrogen-bond donors (Lipinski definition) is 1. The largest absolute Gasteiger partial charge is 0.392 e. The molecule has 2 heterocycles. The zero-order valence-corrected chi connectivity index (χ0v) is 12.1. The topological polar surface area (TPSA) is 68.8 Å². The molecule has 0 atom stereocenters. The van der Waals surface area contributed by atoms with Crippen molar-refractivity contribution < 1.29 is 9.50 Å². The van der Waals surface area contributed by atoms with Crippen molar-refractivity contribution in [3.05, 3.63) is 59.7 Å². The number of imidazole rings is 1. The number of rotatable bonds is 5. The van der Waals surface area contributed by atoms with Crippen LogP contribution in [0.15, 0.2) is 36.8 Å². The van der Waals surface area contributed by atoms with Gasteiger partial charge < -0.3 is 9.67 Å². The molecule has 3 rings (SSSR count). The standard InChI is InChI=1S/C15H16FN5O/c1-2-15-17-5-6-20(15)8-12-9-21(19-18-12)13-3-4-14(16)11(7-13)10-22/h3-7,9,22H,2,8,10H2,1H3. The highest BCUT2D eigenvalue weighted by atomic mass is 19.1. The van der Waals surface area contributed by atoms with E-state index in [2.05, 4.69) is 15.3 Å². The molecule has 114 valence electrons. The molecule has 0 aliphatic rings. The Bertz CT molecular complexity index is 780. The monoisotopic (exact) mass is 301 g/mol.